The van der Waals surface area contributed by atoms with Crippen molar-refractivity contribution in [3.8, 4) is 0 Å². The number of benzene rings is 1. The fraction of sp³-hybridized carbons (Fsp3) is 0.571. The van der Waals surface area contributed by atoms with Crippen molar-refractivity contribution < 1.29 is 13.3 Å². The van der Waals surface area contributed by atoms with Crippen molar-refractivity contribution in [3.05, 3.63) is 33.9 Å². The van der Waals surface area contributed by atoms with E-state index in [1.165, 1.54) is 29.6 Å². The van der Waals surface area contributed by atoms with Crippen LogP contribution in [0.25, 0.3) is 0 Å². The second-order valence-electron chi connectivity index (χ2n) is 5.73. The Balaban J connectivity index is 2.96. The zero-order valence-electron chi connectivity index (χ0n) is 13.3. The van der Waals surface area contributed by atoms with Gasteiger partial charge in [-0.05, 0) is 30.9 Å². The van der Waals surface area contributed by atoms with Crippen molar-refractivity contribution in [2.75, 3.05) is 13.6 Å². The lowest BCUT2D eigenvalue weighted by Crippen LogP contribution is -2.34. The van der Waals surface area contributed by atoms with Crippen LogP contribution in [-0.2, 0) is 10.0 Å². The average Bonchev–Trinajstić information content (AvgIpc) is 2.43. The number of sulfonamides is 1. The molecule has 8 heteroatoms. The normalized spacial score (nSPS) is 13.6. The zero-order chi connectivity index (χ0) is 17.1. The maximum atomic E-state index is 12.5. The van der Waals surface area contributed by atoms with Crippen LogP contribution in [0.2, 0.25) is 0 Å². The molecule has 0 bridgehead atoms. The largest absolute Gasteiger partial charge is 0.327 e. The minimum atomic E-state index is -3.68. The van der Waals surface area contributed by atoms with Gasteiger partial charge in [-0.25, -0.2) is 12.7 Å². The molecule has 7 nitrogen and oxygen atoms in total. The third-order valence-corrected chi connectivity index (χ3v) is 5.71. The molecular weight excluding hydrogens is 306 g/mol. The van der Waals surface area contributed by atoms with Crippen LogP contribution in [-0.4, -0.2) is 37.3 Å². The number of nitro benzene ring substituents is 1. The molecule has 0 aliphatic rings. The second-order valence-corrected chi connectivity index (χ2v) is 7.74. The molecule has 2 N–H and O–H groups in total. The Morgan fingerprint density at radius 3 is 2.41 bits per heavy atom. The molecule has 0 aliphatic heterocycles. The van der Waals surface area contributed by atoms with Gasteiger partial charge in [0, 0.05) is 31.8 Å². The number of hydrogen-bond donors (Lipinski definition) is 1. The van der Waals surface area contributed by atoms with E-state index in [0.29, 0.717) is 18.5 Å². The molecule has 0 heterocycles. The Morgan fingerprint density at radius 2 is 1.95 bits per heavy atom. The lowest BCUT2D eigenvalue weighted by atomic mass is 10.0. The van der Waals surface area contributed by atoms with Crippen molar-refractivity contribution in [2.24, 2.45) is 11.7 Å². The Labute approximate surface area is 131 Å². The van der Waals surface area contributed by atoms with E-state index in [0.717, 1.165) is 0 Å². The number of nitrogens with two attached hydrogens (primary N) is 1. The lowest BCUT2D eigenvalue weighted by Gasteiger charge is -2.22. The predicted octanol–water partition coefficient (Wildman–Crippen LogP) is 1.90. The summed E-state index contributed by atoms with van der Waals surface area (Å²) in [6.07, 6.45) is 0.555. The van der Waals surface area contributed by atoms with E-state index in [2.05, 4.69) is 0 Å². The van der Waals surface area contributed by atoms with Crippen LogP contribution in [0.5, 0.6) is 0 Å². The standard InChI is InChI=1S/C14H23N3O4S/c1-10(2)13(15)7-8-16(4)22(20,21)14-6-5-12(17(18)19)9-11(14)3/h5-6,9-10,13H,7-8,15H2,1-4H3. The summed E-state index contributed by atoms with van der Waals surface area (Å²) in [6.45, 7) is 5.82. The summed E-state index contributed by atoms with van der Waals surface area (Å²) in [4.78, 5) is 10.3. The van der Waals surface area contributed by atoms with Gasteiger partial charge in [-0.15, -0.1) is 0 Å². The first-order valence-electron chi connectivity index (χ1n) is 7.04. The van der Waals surface area contributed by atoms with Gasteiger partial charge in [0.15, 0.2) is 0 Å². The number of rotatable bonds is 7. The average molecular weight is 329 g/mol. The van der Waals surface area contributed by atoms with Crippen LogP contribution in [0.4, 0.5) is 5.69 Å². The summed E-state index contributed by atoms with van der Waals surface area (Å²) >= 11 is 0. The van der Waals surface area contributed by atoms with E-state index < -0.39 is 14.9 Å². The van der Waals surface area contributed by atoms with E-state index in [1.807, 2.05) is 13.8 Å². The zero-order valence-corrected chi connectivity index (χ0v) is 14.1. The monoisotopic (exact) mass is 329 g/mol. The summed E-state index contributed by atoms with van der Waals surface area (Å²) in [6, 6.07) is 3.67. The highest BCUT2D eigenvalue weighted by molar-refractivity contribution is 7.89. The summed E-state index contributed by atoms with van der Waals surface area (Å²) < 4.78 is 26.3. The summed E-state index contributed by atoms with van der Waals surface area (Å²) in [5.41, 5.74) is 6.16. The van der Waals surface area contributed by atoms with E-state index in [9.17, 15) is 18.5 Å². The van der Waals surface area contributed by atoms with Crippen LogP contribution in [0.1, 0.15) is 25.8 Å². The van der Waals surface area contributed by atoms with Gasteiger partial charge >= 0.3 is 0 Å². The molecule has 0 aliphatic carbocycles. The van der Waals surface area contributed by atoms with Crippen molar-refractivity contribution in [3.63, 3.8) is 0 Å². The molecule has 22 heavy (non-hydrogen) atoms. The fourth-order valence-corrected chi connectivity index (χ4v) is 3.38. The highest BCUT2D eigenvalue weighted by Gasteiger charge is 2.24. The maximum Gasteiger partial charge on any atom is 0.269 e. The minimum absolute atomic E-state index is 0.0735. The molecular formula is C14H23N3O4S. The van der Waals surface area contributed by atoms with E-state index in [1.54, 1.807) is 6.92 Å². The fourth-order valence-electron chi connectivity index (χ4n) is 1.99. The first kappa shape index (κ1) is 18.5. The van der Waals surface area contributed by atoms with Crippen LogP contribution < -0.4 is 5.73 Å². The smallest absolute Gasteiger partial charge is 0.269 e. The van der Waals surface area contributed by atoms with Crippen molar-refractivity contribution >= 4 is 15.7 Å². The van der Waals surface area contributed by atoms with Crippen molar-refractivity contribution in [1.29, 1.82) is 0 Å². The van der Waals surface area contributed by atoms with E-state index >= 15 is 0 Å². The van der Waals surface area contributed by atoms with Crippen molar-refractivity contribution in [2.45, 2.75) is 38.1 Å². The van der Waals surface area contributed by atoms with Gasteiger partial charge in [-0.1, -0.05) is 13.8 Å². The topological polar surface area (TPSA) is 107 Å². The van der Waals surface area contributed by atoms with Crippen LogP contribution in [0, 0.1) is 23.0 Å². The maximum absolute atomic E-state index is 12.5. The molecule has 0 fully saturated rings. The second kappa shape index (κ2) is 7.17. The highest BCUT2D eigenvalue weighted by Crippen LogP contribution is 2.23. The molecule has 1 unspecified atom stereocenters. The predicted molar refractivity (Wildman–Crippen MR) is 85.1 cm³/mol. The number of aryl methyl sites for hydroxylation is 1. The van der Waals surface area contributed by atoms with Crippen molar-refractivity contribution in [1.82, 2.24) is 4.31 Å². The van der Waals surface area contributed by atoms with Gasteiger partial charge in [0.05, 0.1) is 9.82 Å². The molecule has 0 radical (unpaired) electrons. The molecule has 0 saturated heterocycles. The lowest BCUT2D eigenvalue weighted by molar-refractivity contribution is -0.385. The quantitative estimate of drug-likeness (QED) is 0.607. The third kappa shape index (κ3) is 4.25. The molecule has 124 valence electrons. The molecule has 1 atom stereocenters. The molecule has 0 spiro atoms. The Bertz CT molecular complexity index is 643. The molecule has 0 saturated carbocycles. The third-order valence-electron chi connectivity index (χ3n) is 3.69. The van der Waals surface area contributed by atoms with Gasteiger partial charge in [0.25, 0.3) is 5.69 Å². The van der Waals surface area contributed by atoms with Crippen LogP contribution >= 0.6 is 0 Å². The van der Waals surface area contributed by atoms with Gasteiger partial charge in [0.1, 0.15) is 0 Å². The first-order valence-corrected chi connectivity index (χ1v) is 8.48. The van der Waals surface area contributed by atoms with E-state index in [4.69, 9.17) is 5.73 Å². The van der Waals surface area contributed by atoms with Gasteiger partial charge in [0.2, 0.25) is 10.0 Å². The van der Waals surface area contributed by atoms with Gasteiger partial charge in [-0.3, -0.25) is 10.1 Å². The van der Waals surface area contributed by atoms with Crippen LogP contribution in [0.3, 0.4) is 0 Å². The number of nitro groups is 1. The summed E-state index contributed by atoms with van der Waals surface area (Å²) in [7, 11) is -2.19. The molecule has 1 aromatic carbocycles. The molecule has 1 aromatic rings. The minimum Gasteiger partial charge on any atom is -0.327 e. The first-order chi connectivity index (χ1) is 10.1. The Kier molecular flexibility index (Phi) is 6.04. The van der Waals surface area contributed by atoms with Crippen LogP contribution in [0.15, 0.2) is 23.1 Å². The molecule has 0 amide bonds. The van der Waals surface area contributed by atoms with Gasteiger partial charge < -0.3 is 5.73 Å². The number of hydrogen-bond acceptors (Lipinski definition) is 5. The number of non-ortho nitro benzene ring substituents is 1. The summed E-state index contributed by atoms with van der Waals surface area (Å²) in [5, 5.41) is 10.7. The Hall–Kier alpha value is -1.51. The molecule has 0 aromatic heterocycles. The molecule has 1 rings (SSSR count). The highest BCUT2D eigenvalue weighted by atomic mass is 32.2. The SMILES string of the molecule is Cc1cc([N+](=O)[O-])ccc1S(=O)(=O)N(C)CCC(N)C(C)C. The summed E-state index contributed by atoms with van der Waals surface area (Å²) in [5.74, 6) is 0.275. The Morgan fingerprint density at radius 1 is 1.36 bits per heavy atom. The van der Waals surface area contributed by atoms with E-state index in [-0.39, 0.29) is 22.5 Å². The van der Waals surface area contributed by atoms with Gasteiger partial charge in [-0.2, -0.15) is 0 Å². The number of nitrogens with zero attached hydrogens (tertiary/aromatic N) is 2.